The van der Waals surface area contributed by atoms with Crippen molar-refractivity contribution in [3.63, 3.8) is 0 Å². The molecule has 2 aliphatic rings. The van der Waals surface area contributed by atoms with Crippen LogP contribution in [0.2, 0.25) is 0 Å². The number of amides is 2. The molecule has 0 saturated carbocycles. The first kappa shape index (κ1) is 31.4. The van der Waals surface area contributed by atoms with Crippen LogP contribution in [-0.2, 0) is 9.47 Å². The number of rotatable bonds is 2. The standard InChI is InChI=1S/2C16H23NO3/c2*1-16(2,3)20-15(19)17-10-9-14(18)13(11-17)12-7-5-4-6-8-12/h2*4-8,13-14,18H,9-11H2,1-3H3/t2*13-,14+/m10/s1. The predicted octanol–water partition coefficient (Wildman–Crippen LogP) is 5.54. The lowest BCUT2D eigenvalue weighted by atomic mass is 9.88. The third kappa shape index (κ3) is 9.52. The van der Waals surface area contributed by atoms with Crippen LogP contribution in [-0.4, -0.2) is 81.8 Å². The van der Waals surface area contributed by atoms with E-state index in [1.165, 1.54) is 0 Å². The second-order valence-electron chi connectivity index (χ2n) is 12.6. The maximum atomic E-state index is 12.1. The highest BCUT2D eigenvalue weighted by Crippen LogP contribution is 2.29. The molecule has 4 atom stereocenters. The summed E-state index contributed by atoms with van der Waals surface area (Å²) >= 11 is 0. The molecule has 2 amide bonds. The molecule has 4 rings (SSSR count). The van der Waals surface area contributed by atoms with E-state index in [-0.39, 0.29) is 24.0 Å². The largest absolute Gasteiger partial charge is 0.444 e. The second kappa shape index (κ2) is 13.5. The van der Waals surface area contributed by atoms with Gasteiger partial charge in [-0.25, -0.2) is 9.59 Å². The van der Waals surface area contributed by atoms with Gasteiger partial charge in [-0.3, -0.25) is 0 Å². The Labute approximate surface area is 238 Å². The number of piperidine rings is 2. The molecule has 0 aliphatic carbocycles. The fraction of sp³-hybridized carbons (Fsp3) is 0.562. The average Bonchev–Trinajstić information content (AvgIpc) is 2.88. The van der Waals surface area contributed by atoms with Crippen LogP contribution < -0.4 is 0 Å². The van der Waals surface area contributed by atoms with E-state index >= 15 is 0 Å². The van der Waals surface area contributed by atoms with Gasteiger partial charge < -0.3 is 29.5 Å². The van der Waals surface area contributed by atoms with Gasteiger partial charge in [0.2, 0.25) is 0 Å². The molecule has 40 heavy (non-hydrogen) atoms. The zero-order valence-corrected chi connectivity index (χ0v) is 24.7. The average molecular weight is 555 g/mol. The molecule has 2 heterocycles. The molecule has 0 aromatic heterocycles. The number of likely N-dealkylation sites (tertiary alicyclic amines) is 2. The van der Waals surface area contributed by atoms with Crippen molar-refractivity contribution in [2.45, 2.75) is 89.6 Å². The minimum absolute atomic E-state index is 0.0440. The van der Waals surface area contributed by atoms with Crippen molar-refractivity contribution in [3.8, 4) is 0 Å². The molecule has 2 N–H and O–H groups in total. The molecule has 0 radical (unpaired) electrons. The van der Waals surface area contributed by atoms with Crippen LogP contribution in [0.1, 0.15) is 77.3 Å². The number of aliphatic hydroxyl groups is 2. The van der Waals surface area contributed by atoms with Crippen molar-refractivity contribution in [1.29, 1.82) is 0 Å². The van der Waals surface area contributed by atoms with E-state index in [4.69, 9.17) is 9.47 Å². The summed E-state index contributed by atoms with van der Waals surface area (Å²) in [5.41, 5.74) is 1.15. The molecule has 220 valence electrons. The minimum atomic E-state index is -0.491. The number of aliphatic hydroxyl groups excluding tert-OH is 2. The van der Waals surface area contributed by atoms with Gasteiger partial charge in [-0.1, -0.05) is 60.7 Å². The molecule has 8 heteroatoms. The number of carbonyl (C=O) groups excluding carboxylic acids is 2. The smallest absolute Gasteiger partial charge is 0.410 e. The highest BCUT2D eigenvalue weighted by atomic mass is 16.6. The van der Waals surface area contributed by atoms with E-state index in [2.05, 4.69) is 0 Å². The Morgan fingerprint density at radius 3 is 1.27 bits per heavy atom. The van der Waals surface area contributed by atoms with Gasteiger partial charge >= 0.3 is 12.2 Å². The Morgan fingerprint density at radius 2 is 0.975 bits per heavy atom. The lowest BCUT2D eigenvalue weighted by molar-refractivity contribution is 0.00290. The van der Waals surface area contributed by atoms with Gasteiger partial charge in [-0.2, -0.15) is 0 Å². The quantitative estimate of drug-likeness (QED) is 0.506. The van der Waals surface area contributed by atoms with Crippen molar-refractivity contribution < 1.29 is 29.3 Å². The zero-order valence-electron chi connectivity index (χ0n) is 24.7. The molecule has 2 aromatic rings. The number of ether oxygens (including phenoxy) is 2. The summed E-state index contributed by atoms with van der Waals surface area (Å²) in [5.74, 6) is -0.0880. The van der Waals surface area contributed by atoms with Crippen LogP contribution in [0, 0.1) is 0 Å². The molecule has 2 fully saturated rings. The van der Waals surface area contributed by atoms with Crippen LogP contribution >= 0.6 is 0 Å². The Kier molecular flexibility index (Phi) is 10.6. The lowest BCUT2D eigenvalue weighted by Gasteiger charge is -2.37. The zero-order chi connectivity index (χ0) is 29.5. The maximum absolute atomic E-state index is 12.1. The fourth-order valence-electron chi connectivity index (χ4n) is 4.92. The lowest BCUT2D eigenvalue weighted by Crippen LogP contribution is -2.46. The number of carbonyl (C=O) groups is 2. The summed E-state index contributed by atoms with van der Waals surface area (Å²) < 4.78 is 10.8. The minimum Gasteiger partial charge on any atom is -0.444 e. The van der Waals surface area contributed by atoms with Crippen LogP contribution in [0.4, 0.5) is 9.59 Å². The highest BCUT2D eigenvalue weighted by Gasteiger charge is 2.34. The van der Waals surface area contributed by atoms with Crippen molar-refractivity contribution in [3.05, 3.63) is 71.8 Å². The normalized spacial score (nSPS) is 23.5. The molecule has 0 unspecified atom stereocenters. The summed E-state index contributed by atoms with van der Waals surface area (Å²) in [5, 5.41) is 20.4. The van der Waals surface area contributed by atoms with Crippen molar-refractivity contribution in [2.75, 3.05) is 26.2 Å². The van der Waals surface area contributed by atoms with Crippen LogP contribution in [0.25, 0.3) is 0 Å². The first-order chi connectivity index (χ1) is 18.7. The van der Waals surface area contributed by atoms with Gasteiger partial charge in [0.05, 0.1) is 12.2 Å². The van der Waals surface area contributed by atoms with E-state index in [1.807, 2.05) is 102 Å². The Hall–Kier alpha value is -3.10. The number of nitrogens with zero attached hydrogens (tertiary/aromatic N) is 2. The van der Waals surface area contributed by atoms with E-state index < -0.39 is 23.4 Å². The first-order valence-electron chi connectivity index (χ1n) is 14.2. The Bertz CT molecular complexity index is 993. The molecular formula is C32H46N2O6. The second-order valence-corrected chi connectivity index (χ2v) is 12.6. The van der Waals surface area contributed by atoms with Gasteiger partial charge in [0, 0.05) is 38.0 Å². The summed E-state index contributed by atoms with van der Waals surface area (Å²) in [6.45, 7) is 13.2. The summed E-state index contributed by atoms with van der Waals surface area (Å²) in [4.78, 5) is 27.6. The molecule has 2 aromatic carbocycles. The Morgan fingerprint density at radius 1 is 0.650 bits per heavy atom. The Balaban J connectivity index is 0.000000220. The summed E-state index contributed by atoms with van der Waals surface area (Å²) in [6, 6.07) is 19.7. The van der Waals surface area contributed by atoms with Crippen LogP contribution in [0.3, 0.4) is 0 Å². The van der Waals surface area contributed by atoms with E-state index in [0.29, 0.717) is 39.0 Å². The SMILES string of the molecule is CC(C)(C)OC(=O)N1CC[C@@H](O)[C@H](c2ccccc2)C1.CC(C)(C)OC(=O)N1CC[C@H](O)[C@@H](c2ccccc2)C1. The molecule has 2 aliphatic heterocycles. The van der Waals surface area contributed by atoms with Crippen molar-refractivity contribution >= 4 is 12.2 Å². The monoisotopic (exact) mass is 554 g/mol. The first-order valence-corrected chi connectivity index (χ1v) is 14.2. The van der Waals surface area contributed by atoms with Crippen LogP contribution in [0.15, 0.2) is 60.7 Å². The third-order valence-electron chi connectivity index (χ3n) is 6.91. The number of benzene rings is 2. The maximum Gasteiger partial charge on any atom is 0.410 e. The molecular weight excluding hydrogens is 508 g/mol. The summed E-state index contributed by atoms with van der Waals surface area (Å²) in [6.07, 6.45) is -0.250. The van der Waals surface area contributed by atoms with Gasteiger partial charge in [-0.15, -0.1) is 0 Å². The topological polar surface area (TPSA) is 99.5 Å². The predicted molar refractivity (Wildman–Crippen MR) is 155 cm³/mol. The molecule has 2 saturated heterocycles. The van der Waals surface area contributed by atoms with Gasteiger partial charge in [0.15, 0.2) is 0 Å². The summed E-state index contributed by atoms with van der Waals surface area (Å²) in [7, 11) is 0. The van der Waals surface area contributed by atoms with Gasteiger partial charge in [0.1, 0.15) is 11.2 Å². The fourth-order valence-corrected chi connectivity index (χ4v) is 4.92. The van der Waals surface area contributed by atoms with E-state index in [1.54, 1.807) is 9.80 Å². The molecule has 0 spiro atoms. The van der Waals surface area contributed by atoms with E-state index in [9.17, 15) is 19.8 Å². The molecule has 8 nitrogen and oxygen atoms in total. The van der Waals surface area contributed by atoms with Crippen LogP contribution in [0.5, 0.6) is 0 Å². The number of hydrogen-bond donors (Lipinski definition) is 2. The van der Waals surface area contributed by atoms with Gasteiger partial charge in [-0.05, 0) is 65.5 Å². The van der Waals surface area contributed by atoms with E-state index in [0.717, 1.165) is 11.1 Å². The third-order valence-corrected chi connectivity index (χ3v) is 6.91. The van der Waals surface area contributed by atoms with Crippen molar-refractivity contribution in [2.24, 2.45) is 0 Å². The van der Waals surface area contributed by atoms with Gasteiger partial charge in [0.25, 0.3) is 0 Å². The number of hydrogen-bond acceptors (Lipinski definition) is 6. The highest BCUT2D eigenvalue weighted by molar-refractivity contribution is 5.69. The molecule has 0 bridgehead atoms. The van der Waals surface area contributed by atoms with Crippen molar-refractivity contribution in [1.82, 2.24) is 9.80 Å².